The monoisotopic (exact) mass is 459 g/mol. The third kappa shape index (κ3) is 3.90. The molecule has 0 bridgehead atoms. The molecule has 8 nitrogen and oxygen atoms in total. The average molecular weight is 459 g/mol. The van der Waals surface area contributed by atoms with Crippen molar-refractivity contribution in [1.29, 1.82) is 0 Å². The number of Topliss-reactive ketones (excluding diaryl/α,β-unsaturated/α-hetero) is 1. The van der Waals surface area contributed by atoms with Gasteiger partial charge in [-0.1, -0.05) is 30.3 Å². The fraction of sp³-hybridized carbons (Fsp3) is 0.0417. The third-order valence-corrected chi connectivity index (χ3v) is 6.57. The van der Waals surface area contributed by atoms with Crippen LogP contribution in [0.25, 0.3) is 10.9 Å². The number of nitrogens with one attached hydrogen (secondary N) is 2. The molecule has 3 aromatic carbocycles. The van der Waals surface area contributed by atoms with Gasteiger partial charge in [-0.15, -0.1) is 4.40 Å². The Balaban J connectivity index is 1.24. The number of H-pyrrole nitrogens is 1. The van der Waals surface area contributed by atoms with Crippen LogP contribution in [-0.4, -0.2) is 37.6 Å². The van der Waals surface area contributed by atoms with Crippen molar-refractivity contribution < 1.29 is 22.7 Å². The van der Waals surface area contributed by atoms with Crippen LogP contribution in [-0.2, 0) is 14.8 Å². The van der Waals surface area contributed by atoms with Gasteiger partial charge in [-0.3, -0.25) is 4.79 Å². The van der Waals surface area contributed by atoms with Crippen LogP contribution in [0.5, 0.6) is 0 Å². The number of fused-ring (bicyclic) bond motifs is 2. The summed E-state index contributed by atoms with van der Waals surface area (Å²) in [6.07, 6.45) is 1.60. The number of carbonyl (C=O) groups excluding carboxylic acids is 2. The zero-order valence-electron chi connectivity index (χ0n) is 17.1. The van der Waals surface area contributed by atoms with Gasteiger partial charge in [0.15, 0.2) is 12.4 Å². The lowest BCUT2D eigenvalue weighted by molar-refractivity contribution is 0.0475. The highest BCUT2D eigenvalue weighted by Crippen LogP contribution is 2.26. The fourth-order valence-electron chi connectivity index (χ4n) is 3.62. The van der Waals surface area contributed by atoms with Gasteiger partial charge >= 0.3 is 5.97 Å². The SMILES string of the molecule is O=C(OCC(=O)c1c[nH]c2ccccc12)c1ccc(NC2=NS(=O)(=O)c3ccccc32)cc1. The zero-order valence-corrected chi connectivity index (χ0v) is 17.9. The largest absolute Gasteiger partial charge is 0.454 e. The minimum absolute atomic E-state index is 0.146. The number of carbonyl (C=O) groups is 2. The molecule has 1 aliphatic rings. The highest BCUT2D eigenvalue weighted by atomic mass is 32.2. The topological polar surface area (TPSA) is 118 Å². The van der Waals surface area contributed by atoms with Crippen LogP contribution < -0.4 is 5.32 Å². The molecule has 0 atom stereocenters. The van der Waals surface area contributed by atoms with E-state index in [1.165, 1.54) is 18.2 Å². The van der Waals surface area contributed by atoms with E-state index >= 15 is 0 Å². The molecule has 0 fully saturated rings. The maximum Gasteiger partial charge on any atom is 0.338 e. The van der Waals surface area contributed by atoms with E-state index in [2.05, 4.69) is 14.7 Å². The van der Waals surface area contributed by atoms with Crippen molar-refractivity contribution in [2.45, 2.75) is 4.90 Å². The number of benzene rings is 3. The predicted molar refractivity (Wildman–Crippen MR) is 123 cm³/mol. The minimum atomic E-state index is -3.73. The number of hydrogen-bond acceptors (Lipinski definition) is 6. The first-order chi connectivity index (χ1) is 15.9. The van der Waals surface area contributed by atoms with E-state index in [0.717, 1.165) is 10.9 Å². The number of esters is 1. The quantitative estimate of drug-likeness (QED) is 0.347. The number of amidine groups is 1. The molecule has 0 unspecified atom stereocenters. The second kappa shape index (κ2) is 8.03. The molecule has 5 rings (SSSR count). The van der Waals surface area contributed by atoms with Crippen LogP contribution in [0.4, 0.5) is 5.69 Å². The average Bonchev–Trinajstić information content (AvgIpc) is 3.37. The number of ether oxygens (including phenoxy) is 1. The van der Waals surface area contributed by atoms with Crippen LogP contribution in [0.1, 0.15) is 26.3 Å². The van der Waals surface area contributed by atoms with Crippen LogP contribution in [0, 0.1) is 0 Å². The minimum Gasteiger partial charge on any atom is -0.454 e. The highest BCUT2D eigenvalue weighted by molar-refractivity contribution is 7.90. The molecule has 4 aromatic rings. The van der Waals surface area contributed by atoms with E-state index in [9.17, 15) is 18.0 Å². The normalized spacial score (nSPS) is 13.9. The predicted octanol–water partition coefficient (Wildman–Crippen LogP) is 3.77. The van der Waals surface area contributed by atoms with Gasteiger partial charge in [-0.2, -0.15) is 8.42 Å². The van der Waals surface area contributed by atoms with Gasteiger partial charge < -0.3 is 15.0 Å². The van der Waals surface area contributed by atoms with Crippen LogP contribution in [0.3, 0.4) is 0 Å². The summed E-state index contributed by atoms with van der Waals surface area (Å²) in [5.41, 5.74) is 2.58. The Morgan fingerprint density at radius 1 is 0.939 bits per heavy atom. The van der Waals surface area contributed by atoms with Crippen LogP contribution >= 0.6 is 0 Å². The standard InChI is InChI=1S/C24H17N3O5S/c28-21(19-13-25-20-7-3-1-5-17(19)20)14-32-24(29)15-9-11-16(12-10-15)26-23-18-6-2-4-8-22(18)33(30,31)27-23/h1-13,25H,14H2,(H,26,27). The number of anilines is 1. The molecular formula is C24H17N3O5S. The van der Waals surface area contributed by atoms with E-state index in [1.807, 2.05) is 24.3 Å². The van der Waals surface area contributed by atoms with E-state index in [1.54, 1.807) is 36.5 Å². The number of ketones is 1. The number of sulfonamides is 1. The van der Waals surface area contributed by atoms with Crippen molar-refractivity contribution in [3.8, 4) is 0 Å². The molecule has 33 heavy (non-hydrogen) atoms. The summed E-state index contributed by atoms with van der Waals surface area (Å²) < 4.78 is 33.3. The number of nitrogens with zero attached hydrogens (tertiary/aromatic N) is 1. The smallest absolute Gasteiger partial charge is 0.338 e. The maximum absolute atomic E-state index is 12.5. The van der Waals surface area contributed by atoms with Gasteiger partial charge in [0.1, 0.15) is 4.90 Å². The van der Waals surface area contributed by atoms with E-state index in [0.29, 0.717) is 16.8 Å². The van der Waals surface area contributed by atoms with Crippen molar-refractivity contribution >= 4 is 44.2 Å². The molecule has 164 valence electrons. The molecule has 2 heterocycles. The number of aromatic amines is 1. The van der Waals surface area contributed by atoms with Gasteiger partial charge in [0.05, 0.1) is 5.56 Å². The fourth-order valence-corrected chi connectivity index (χ4v) is 4.79. The first-order valence-electron chi connectivity index (χ1n) is 10.0. The summed E-state index contributed by atoms with van der Waals surface area (Å²) in [5.74, 6) is -0.732. The van der Waals surface area contributed by atoms with Gasteiger partial charge in [0.2, 0.25) is 5.78 Å². The van der Waals surface area contributed by atoms with E-state index in [4.69, 9.17) is 4.74 Å². The Hall–Kier alpha value is -4.24. The lowest BCUT2D eigenvalue weighted by Gasteiger charge is -2.08. The number of para-hydroxylation sites is 1. The summed E-state index contributed by atoms with van der Waals surface area (Å²) in [6.45, 7) is -0.383. The van der Waals surface area contributed by atoms with Crippen molar-refractivity contribution in [3.05, 3.63) is 95.7 Å². The van der Waals surface area contributed by atoms with Crippen molar-refractivity contribution in [3.63, 3.8) is 0 Å². The van der Waals surface area contributed by atoms with Gasteiger partial charge in [-0.05, 0) is 42.5 Å². The Morgan fingerprint density at radius 3 is 2.48 bits per heavy atom. The molecule has 2 N–H and O–H groups in total. The third-order valence-electron chi connectivity index (χ3n) is 5.24. The molecule has 0 saturated heterocycles. The Bertz CT molecular complexity index is 1540. The summed E-state index contributed by atoms with van der Waals surface area (Å²) >= 11 is 0. The van der Waals surface area contributed by atoms with Gasteiger partial charge in [-0.25, -0.2) is 4.79 Å². The maximum atomic E-state index is 12.5. The van der Waals surface area contributed by atoms with E-state index in [-0.39, 0.29) is 28.7 Å². The van der Waals surface area contributed by atoms with Crippen molar-refractivity contribution in [2.75, 3.05) is 11.9 Å². The molecule has 0 spiro atoms. The Labute approximate surface area is 189 Å². The molecule has 9 heteroatoms. The second-order valence-electron chi connectivity index (χ2n) is 7.36. The van der Waals surface area contributed by atoms with E-state index < -0.39 is 16.0 Å². The Kier molecular flexibility index (Phi) is 5.02. The molecular weight excluding hydrogens is 442 g/mol. The number of hydrogen-bond donors (Lipinski definition) is 2. The lowest BCUT2D eigenvalue weighted by atomic mass is 10.1. The summed E-state index contributed by atoms with van der Waals surface area (Å²) in [5, 5.41) is 3.74. The summed E-state index contributed by atoms with van der Waals surface area (Å²) in [6, 6.07) is 20.2. The second-order valence-corrected chi connectivity index (χ2v) is 8.93. The first-order valence-corrected chi connectivity index (χ1v) is 11.4. The van der Waals surface area contributed by atoms with Gasteiger partial charge in [0.25, 0.3) is 10.0 Å². The summed E-state index contributed by atoms with van der Waals surface area (Å²) in [4.78, 5) is 28.0. The summed E-state index contributed by atoms with van der Waals surface area (Å²) in [7, 11) is -3.73. The first kappa shape index (κ1) is 20.7. The van der Waals surface area contributed by atoms with Crippen molar-refractivity contribution in [2.24, 2.45) is 4.40 Å². The lowest BCUT2D eigenvalue weighted by Crippen LogP contribution is -2.14. The zero-order chi connectivity index (χ0) is 23.0. The molecule has 0 radical (unpaired) electrons. The van der Waals surface area contributed by atoms with Crippen LogP contribution in [0.15, 0.2) is 88.3 Å². The highest BCUT2D eigenvalue weighted by Gasteiger charge is 2.28. The van der Waals surface area contributed by atoms with Crippen LogP contribution in [0.2, 0.25) is 0 Å². The van der Waals surface area contributed by atoms with Crippen molar-refractivity contribution in [1.82, 2.24) is 4.98 Å². The Morgan fingerprint density at radius 2 is 1.67 bits per heavy atom. The molecule has 0 saturated carbocycles. The molecule has 1 aliphatic heterocycles. The molecule has 0 aliphatic carbocycles. The number of aromatic nitrogens is 1. The number of rotatable bonds is 5. The molecule has 0 amide bonds. The molecule has 1 aromatic heterocycles. The van der Waals surface area contributed by atoms with Gasteiger partial charge in [0, 0.05) is 33.9 Å².